The Morgan fingerprint density at radius 1 is 1.35 bits per heavy atom. The van der Waals surface area contributed by atoms with Gasteiger partial charge in [0.1, 0.15) is 12.4 Å². The SMILES string of the molecule is C[C@@H](O)c1cc(Cl)ccc1OCCS(=O)(=O)C(C)(C)C. The number of hydrogen-bond donors (Lipinski definition) is 1. The largest absolute Gasteiger partial charge is 0.492 e. The van der Waals surface area contributed by atoms with Gasteiger partial charge in [0, 0.05) is 10.6 Å². The molecular formula is C14H21ClO4S. The first-order valence-electron chi connectivity index (χ1n) is 6.37. The number of halogens is 1. The van der Waals surface area contributed by atoms with Crippen molar-refractivity contribution in [2.75, 3.05) is 12.4 Å². The fourth-order valence-corrected chi connectivity index (χ4v) is 2.64. The zero-order valence-corrected chi connectivity index (χ0v) is 13.8. The molecule has 1 aromatic carbocycles. The summed E-state index contributed by atoms with van der Waals surface area (Å²) >= 11 is 5.86. The van der Waals surface area contributed by atoms with Crippen molar-refractivity contribution in [3.63, 3.8) is 0 Å². The Kier molecular flexibility index (Phi) is 5.46. The van der Waals surface area contributed by atoms with E-state index in [9.17, 15) is 13.5 Å². The standard InChI is InChI=1S/C14H21ClO4S/c1-10(16)12-9-11(15)5-6-13(12)19-7-8-20(17,18)14(2,3)4/h5-6,9-10,16H,7-8H2,1-4H3/t10-/m1/s1. The Morgan fingerprint density at radius 2 is 1.95 bits per heavy atom. The van der Waals surface area contributed by atoms with Crippen molar-refractivity contribution in [1.29, 1.82) is 0 Å². The van der Waals surface area contributed by atoms with Crippen molar-refractivity contribution >= 4 is 21.4 Å². The van der Waals surface area contributed by atoms with Crippen molar-refractivity contribution in [2.24, 2.45) is 0 Å². The number of sulfone groups is 1. The third-order valence-electron chi connectivity index (χ3n) is 2.96. The van der Waals surface area contributed by atoms with E-state index in [4.69, 9.17) is 16.3 Å². The van der Waals surface area contributed by atoms with Crippen LogP contribution in [0.25, 0.3) is 0 Å². The number of rotatable bonds is 5. The third kappa shape index (κ3) is 4.36. The second-order valence-corrected chi connectivity index (χ2v) is 8.94. The van der Waals surface area contributed by atoms with E-state index >= 15 is 0 Å². The third-order valence-corrected chi connectivity index (χ3v) is 5.77. The molecule has 1 atom stereocenters. The summed E-state index contributed by atoms with van der Waals surface area (Å²) in [7, 11) is -3.22. The molecule has 0 unspecified atom stereocenters. The Labute approximate surface area is 125 Å². The normalized spacial score (nSPS) is 14.1. The summed E-state index contributed by atoms with van der Waals surface area (Å²) in [5, 5.41) is 10.2. The number of aliphatic hydroxyl groups excluding tert-OH is 1. The van der Waals surface area contributed by atoms with Gasteiger partial charge in [-0.3, -0.25) is 0 Å². The van der Waals surface area contributed by atoms with Crippen molar-refractivity contribution in [1.82, 2.24) is 0 Å². The van der Waals surface area contributed by atoms with Gasteiger partial charge in [0.25, 0.3) is 0 Å². The molecule has 0 aromatic heterocycles. The molecular weight excluding hydrogens is 300 g/mol. The maximum atomic E-state index is 12.0. The van der Waals surface area contributed by atoms with Gasteiger partial charge < -0.3 is 9.84 Å². The Balaban J connectivity index is 2.77. The van der Waals surface area contributed by atoms with Crippen LogP contribution in [0.1, 0.15) is 39.4 Å². The van der Waals surface area contributed by atoms with Crippen LogP contribution in [-0.4, -0.2) is 30.6 Å². The van der Waals surface area contributed by atoms with Gasteiger partial charge in [-0.25, -0.2) is 8.42 Å². The predicted octanol–water partition coefficient (Wildman–Crippen LogP) is 2.99. The lowest BCUT2D eigenvalue weighted by Gasteiger charge is -2.20. The molecule has 0 fully saturated rings. The van der Waals surface area contributed by atoms with E-state index in [-0.39, 0.29) is 12.4 Å². The molecule has 0 aliphatic heterocycles. The van der Waals surface area contributed by atoms with Gasteiger partial charge in [-0.05, 0) is 45.9 Å². The van der Waals surface area contributed by atoms with Crippen LogP contribution in [-0.2, 0) is 9.84 Å². The highest BCUT2D eigenvalue weighted by atomic mass is 35.5. The average Bonchev–Trinajstić information content (AvgIpc) is 2.29. The van der Waals surface area contributed by atoms with Crippen LogP contribution in [0.2, 0.25) is 5.02 Å². The molecule has 4 nitrogen and oxygen atoms in total. The van der Waals surface area contributed by atoms with Crippen molar-refractivity contribution in [3.8, 4) is 5.75 Å². The van der Waals surface area contributed by atoms with E-state index in [1.54, 1.807) is 45.9 Å². The number of aliphatic hydroxyl groups is 1. The quantitative estimate of drug-likeness (QED) is 0.906. The van der Waals surface area contributed by atoms with Crippen LogP contribution in [0.15, 0.2) is 18.2 Å². The minimum absolute atomic E-state index is 0.0426. The van der Waals surface area contributed by atoms with E-state index in [0.29, 0.717) is 16.3 Å². The lowest BCUT2D eigenvalue weighted by molar-refractivity contribution is 0.192. The molecule has 1 N–H and O–H groups in total. The molecule has 6 heteroatoms. The summed E-state index contributed by atoms with van der Waals surface area (Å²) in [6.07, 6.45) is -0.733. The summed E-state index contributed by atoms with van der Waals surface area (Å²) in [5.74, 6) is 0.381. The molecule has 0 amide bonds. The summed E-state index contributed by atoms with van der Waals surface area (Å²) in [4.78, 5) is 0. The molecule has 0 spiro atoms. The van der Waals surface area contributed by atoms with Crippen LogP contribution in [0.5, 0.6) is 5.75 Å². The summed E-state index contributed by atoms with van der Waals surface area (Å²) in [5.41, 5.74) is 0.547. The molecule has 1 aromatic rings. The maximum absolute atomic E-state index is 12.0. The van der Waals surface area contributed by atoms with Gasteiger partial charge in [0.15, 0.2) is 9.84 Å². The molecule has 0 aliphatic carbocycles. The molecule has 0 saturated carbocycles. The predicted molar refractivity (Wildman–Crippen MR) is 81.1 cm³/mol. The summed E-state index contributed by atoms with van der Waals surface area (Å²) in [6, 6.07) is 4.88. The molecule has 0 radical (unpaired) electrons. The number of ether oxygens (including phenoxy) is 1. The minimum atomic E-state index is -3.22. The molecule has 0 saturated heterocycles. The second kappa shape index (κ2) is 6.33. The van der Waals surface area contributed by atoms with E-state index in [1.165, 1.54) is 0 Å². The van der Waals surface area contributed by atoms with Crippen LogP contribution in [0.4, 0.5) is 0 Å². The van der Waals surface area contributed by atoms with E-state index in [2.05, 4.69) is 0 Å². The first-order chi connectivity index (χ1) is 9.04. The van der Waals surface area contributed by atoms with E-state index in [1.807, 2.05) is 0 Å². The lowest BCUT2D eigenvalue weighted by Crippen LogP contribution is -2.32. The summed E-state index contributed by atoms with van der Waals surface area (Å²) in [6.45, 7) is 6.62. The van der Waals surface area contributed by atoms with Crippen molar-refractivity contribution in [3.05, 3.63) is 28.8 Å². The maximum Gasteiger partial charge on any atom is 0.158 e. The zero-order valence-electron chi connectivity index (χ0n) is 12.2. The number of hydrogen-bond acceptors (Lipinski definition) is 4. The topological polar surface area (TPSA) is 63.6 Å². The highest BCUT2D eigenvalue weighted by Crippen LogP contribution is 2.28. The minimum Gasteiger partial charge on any atom is -0.492 e. The van der Waals surface area contributed by atoms with Crippen molar-refractivity contribution in [2.45, 2.75) is 38.5 Å². The average molecular weight is 321 g/mol. The second-order valence-electron chi connectivity index (χ2n) is 5.64. The molecule has 20 heavy (non-hydrogen) atoms. The van der Waals surface area contributed by atoms with E-state index < -0.39 is 20.7 Å². The summed E-state index contributed by atoms with van der Waals surface area (Å²) < 4.78 is 28.6. The van der Waals surface area contributed by atoms with Gasteiger partial charge >= 0.3 is 0 Å². The Morgan fingerprint density at radius 3 is 2.45 bits per heavy atom. The smallest absolute Gasteiger partial charge is 0.158 e. The van der Waals surface area contributed by atoms with Gasteiger partial charge in [0.05, 0.1) is 16.6 Å². The highest BCUT2D eigenvalue weighted by molar-refractivity contribution is 7.92. The van der Waals surface area contributed by atoms with E-state index in [0.717, 1.165) is 0 Å². The molecule has 0 heterocycles. The van der Waals surface area contributed by atoms with Gasteiger partial charge in [-0.1, -0.05) is 11.6 Å². The molecule has 1 rings (SSSR count). The Bertz CT molecular complexity index is 559. The van der Waals surface area contributed by atoms with Gasteiger partial charge in [-0.15, -0.1) is 0 Å². The fourth-order valence-electron chi connectivity index (χ4n) is 1.54. The Hall–Kier alpha value is -0.780. The first-order valence-corrected chi connectivity index (χ1v) is 8.40. The van der Waals surface area contributed by atoms with Crippen LogP contribution < -0.4 is 4.74 Å². The highest BCUT2D eigenvalue weighted by Gasteiger charge is 2.28. The lowest BCUT2D eigenvalue weighted by atomic mass is 10.1. The van der Waals surface area contributed by atoms with Gasteiger partial charge in [-0.2, -0.15) is 0 Å². The van der Waals surface area contributed by atoms with Crippen LogP contribution >= 0.6 is 11.6 Å². The number of benzene rings is 1. The van der Waals surface area contributed by atoms with Crippen LogP contribution in [0.3, 0.4) is 0 Å². The fraction of sp³-hybridized carbons (Fsp3) is 0.571. The molecule has 0 bridgehead atoms. The monoisotopic (exact) mass is 320 g/mol. The van der Waals surface area contributed by atoms with Crippen LogP contribution in [0, 0.1) is 0 Å². The molecule has 114 valence electrons. The molecule has 0 aliphatic rings. The van der Waals surface area contributed by atoms with Crippen molar-refractivity contribution < 1.29 is 18.3 Å². The first kappa shape index (κ1) is 17.3. The van der Waals surface area contributed by atoms with Gasteiger partial charge in [0.2, 0.25) is 0 Å². The zero-order chi connectivity index (χ0) is 15.6.